The van der Waals surface area contributed by atoms with Gasteiger partial charge in [-0.15, -0.1) is 24.0 Å². The van der Waals surface area contributed by atoms with Crippen molar-refractivity contribution < 1.29 is 4.79 Å². The molecule has 2 heterocycles. The number of anilines is 2. The zero-order chi connectivity index (χ0) is 14.8. The minimum absolute atomic E-state index is 0.295. The van der Waals surface area contributed by atoms with Gasteiger partial charge in [-0.2, -0.15) is 0 Å². The molecule has 0 saturated carbocycles. The maximum atomic E-state index is 12.0. The number of likely N-dealkylation sites (N-methyl/N-ethyl adjacent to an activating group) is 1. The molecule has 2 N–H and O–H groups in total. The van der Waals surface area contributed by atoms with Gasteiger partial charge < -0.3 is 10.2 Å². The van der Waals surface area contributed by atoms with E-state index in [1.54, 1.807) is 0 Å². The van der Waals surface area contributed by atoms with Crippen molar-refractivity contribution in [2.45, 2.75) is 17.9 Å². The van der Waals surface area contributed by atoms with Gasteiger partial charge in [-0.3, -0.25) is 5.32 Å². The van der Waals surface area contributed by atoms with Crippen LogP contribution in [0.4, 0.5) is 15.6 Å². The van der Waals surface area contributed by atoms with Crippen LogP contribution in [0.15, 0.2) is 29.2 Å². The number of rotatable bonds is 2. The van der Waals surface area contributed by atoms with Crippen molar-refractivity contribution >= 4 is 40.8 Å². The van der Waals surface area contributed by atoms with Crippen molar-refractivity contribution in [2.75, 3.05) is 24.2 Å². The van der Waals surface area contributed by atoms with E-state index in [9.17, 15) is 4.79 Å². The van der Waals surface area contributed by atoms with Crippen LogP contribution in [0.2, 0.25) is 0 Å². The number of carbonyl (C=O) groups is 1. The number of para-hydroxylation sites is 1. The van der Waals surface area contributed by atoms with Gasteiger partial charge >= 0.3 is 6.03 Å². The first-order chi connectivity index (χ1) is 10.1. The lowest BCUT2D eigenvalue weighted by atomic mass is 10.2. The first kappa shape index (κ1) is 14.4. The van der Waals surface area contributed by atoms with Crippen molar-refractivity contribution in [3.05, 3.63) is 34.8 Å². The molecule has 3 rings (SSSR count). The number of aromatic nitrogens is 1. The van der Waals surface area contributed by atoms with Gasteiger partial charge in [0.1, 0.15) is 0 Å². The fraction of sp³-hybridized carbons (Fsp3) is 0.286. The summed E-state index contributed by atoms with van der Waals surface area (Å²) in [5.41, 5.74) is 1.78. The lowest BCUT2D eigenvalue weighted by molar-refractivity contribution is 0.262. The first-order valence-electron chi connectivity index (χ1n) is 6.65. The Kier molecular flexibility index (Phi) is 4.14. The Labute approximate surface area is 132 Å². The summed E-state index contributed by atoms with van der Waals surface area (Å²) in [4.78, 5) is 20.7. The van der Waals surface area contributed by atoms with Crippen LogP contribution in [0, 0.1) is 0 Å². The van der Waals surface area contributed by atoms with E-state index in [2.05, 4.69) is 40.2 Å². The number of urea groups is 1. The van der Waals surface area contributed by atoms with E-state index >= 15 is 0 Å². The second-order valence-electron chi connectivity index (χ2n) is 4.97. The number of hydrogen-bond donors (Lipinski definition) is 3. The molecule has 1 aliphatic rings. The molecule has 21 heavy (non-hydrogen) atoms. The SMILES string of the molecule is CN1CCc2nc(NC(=O)Nc3ccccc3S)sc2C1. The van der Waals surface area contributed by atoms with Crippen molar-refractivity contribution in [1.29, 1.82) is 0 Å². The molecule has 5 nitrogen and oxygen atoms in total. The van der Waals surface area contributed by atoms with Gasteiger partial charge in [-0.25, -0.2) is 9.78 Å². The molecule has 0 radical (unpaired) electrons. The molecule has 1 aromatic heterocycles. The maximum Gasteiger partial charge on any atom is 0.325 e. The van der Waals surface area contributed by atoms with Crippen LogP contribution < -0.4 is 10.6 Å². The smallest absolute Gasteiger partial charge is 0.307 e. The van der Waals surface area contributed by atoms with Crippen LogP contribution >= 0.6 is 24.0 Å². The Bertz CT molecular complexity index is 671. The molecular formula is C14H16N4OS2. The Morgan fingerprint density at radius 3 is 3.00 bits per heavy atom. The monoisotopic (exact) mass is 320 g/mol. The number of hydrogen-bond acceptors (Lipinski definition) is 5. The van der Waals surface area contributed by atoms with E-state index in [1.807, 2.05) is 24.3 Å². The quantitative estimate of drug-likeness (QED) is 0.745. The summed E-state index contributed by atoms with van der Waals surface area (Å²) in [6.45, 7) is 1.91. The van der Waals surface area contributed by atoms with E-state index in [-0.39, 0.29) is 6.03 Å². The molecule has 110 valence electrons. The minimum atomic E-state index is -0.295. The van der Waals surface area contributed by atoms with E-state index in [4.69, 9.17) is 0 Å². The maximum absolute atomic E-state index is 12.0. The Balaban J connectivity index is 1.67. The van der Waals surface area contributed by atoms with Crippen LogP contribution in [0.5, 0.6) is 0 Å². The molecule has 0 saturated heterocycles. The summed E-state index contributed by atoms with van der Waals surface area (Å²) in [5.74, 6) is 0. The van der Waals surface area contributed by atoms with Crippen molar-refractivity contribution in [1.82, 2.24) is 9.88 Å². The number of carbonyl (C=O) groups excluding carboxylic acids is 1. The first-order valence-corrected chi connectivity index (χ1v) is 7.91. The van der Waals surface area contributed by atoms with Crippen LogP contribution in [-0.2, 0) is 13.0 Å². The molecule has 0 bridgehead atoms. The summed E-state index contributed by atoms with van der Waals surface area (Å²) >= 11 is 5.84. The number of nitrogens with one attached hydrogen (secondary N) is 2. The van der Waals surface area contributed by atoms with Gasteiger partial charge in [-0.05, 0) is 19.2 Å². The van der Waals surface area contributed by atoms with Gasteiger partial charge in [0.05, 0.1) is 11.4 Å². The molecule has 0 spiro atoms. The predicted octanol–water partition coefficient (Wildman–Crippen LogP) is 3.06. The lowest BCUT2D eigenvalue weighted by Crippen LogP contribution is -2.25. The Hall–Kier alpha value is -1.57. The highest BCUT2D eigenvalue weighted by Crippen LogP contribution is 2.28. The van der Waals surface area contributed by atoms with Gasteiger partial charge in [0, 0.05) is 29.3 Å². The lowest BCUT2D eigenvalue weighted by Gasteiger charge is -2.20. The van der Waals surface area contributed by atoms with Crippen molar-refractivity contribution in [2.24, 2.45) is 0 Å². The zero-order valence-corrected chi connectivity index (χ0v) is 13.3. The van der Waals surface area contributed by atoms with Gasteiger partial charge in [0.15, 0.2) is 5.13 Å². The van der Waals surface area contributed by atoms with E-state index in [0.29, 0.717) is 10.8 Å². The molecule has 1 aliphatic heterocycles. The highest BCUT2D eigenvalue weighted by molar-refractivity contribution is 7.80. The Morgan fingerprint density at radius 1 is 1.38 bits per heavy atom. The van der Waals surface area contributed by atoms with Gasteiger partial charge in [-0.1, -0.05) is 12.1 Å². The minimum Gasteiger partial charge on any atom is -0.307 e. The highest BCUT2D eigenvalue weighted by Gasteiger charge is 2.19. The second kappa shape index (κ2) is 6.05. The average Bonchev–Trinajstić information content (AvgIpc) is 2.82. The average molecular weight is 320 g/mol. The molecule has 2 aromatic rings. The Morgan fingerprint density at radius 2 is 2.19 bits per heavy atom. The van der Waals surface area contributed by atoms with Crippen molar-refractivity contribution in [3.63, 3.8) is 0 Å². The normalized spacial score (nSPS) is 14.6. The summed E-state index contributed by atoms with van der Waals surface area (Å²) in [7, 11) is 2.09. The molecule has 2 amide bonds. The summed E-state index contributed by atoms with van der Waals surface area (Å²) < 4.78 is 0. The largest absolute Gasteiger partial charge is 0.325 e. The fourth-order valence-corrected chi connectivity index (χ4v) is 3.51. The van der Waals surface area contributed by atoms with Crippen LogP contribution in [0.25, 0.3) is 0 Å². The summed E-state index contributed by atoms with van der Waals surface area (Å²) in [5, 5.41) is 6.22. The third-order valence-electron chi connectivity index (χ3n) is 3.29. The van der Waals surface area contributed by atoms with Gasteiger partial charge in [0.25, 0.3) is 0 Å². The van der Waals surface area contributed by atoms with Crippen LogP contribution in [0.3, 0.4) is 0 Å². The van der Waals surface area contributed by atoms with Crippen LogP contribution in [0.1, 0.15) is 10.6 Å². The zero-order valence-electron chi connectivity index (χ0n) is 11.6. The number of benzene rings is 1. The molecular weight excluding hydrogens is 304 g/mol. The molecule has 0 fully saturated rings. The molecule has 0 atom stereocenters. The number of thiazole rings is 1. The number of amides is 2. The van der Waals surface area contributed by atoms with Crippen LogP contribution in [-0.4, -0.2) is 29.5 Å². The number of fused-ring (bicyclic) bond motifs is 1. The second-order valence-corrected chi connectivity index (χ2v) is 6.54. The predicted molar refractivity (Wildman–Crippen MR) is 88.5 cm³/mol. The van der Waals surface area contributed by atoms with E-state index in [1.165, 1.54) is 16.2 Å². The molecule has 0 unspecified atom stereocenters. The number of thiol groups is 1. The summed E-state index contributed by atoms with van der Waals surface area (Å²) in [6.07, 6.45) is 0.936. The summed E-state index contributed by atoms with van der Waals surface area (Å²) in [6, 6.07) is 7.07. The standard InChI is InChI=1S/C14H16N4OS2/c1-18-7-6-10-12(8-18)21-14(16-10)17-13(19)15-9-4-2-3-5-11(9)20/h2-5,20H,6-8H2,1H3,(H2,15,16,17,19). The molecule has 7 heteroatoms. The van der Waals surface area contributed by atoms with E-state index in [0.717, 1.165) is 30.1 Å². The topological polar surface area (TPSA) is 57.3 Å². The third kappa shape index (κ3) is 3.37. The van der Waals surface area contributed by atoms with Gasteiger partial charge in [0.2, 0.25) is 0 Å². The van der Waals surface area contributed by atoms with E-state index < -0.39 is 0 Å². The molecule has 0 aliphatic carbocycles. The highest BCUT2D eigenvalue weighted by atomic mass is 32.1. The van der Waals surface area contributed by atoms with Crippen molar-refractivity contribution in [3.8, 4) is 0 Å². The fourth-order valence-electron chi connectivity index (χ4n) is 2.21. The third-order valence-corrected chi connectivity index (χ3v) is 4.68. The number of nitrogens with zero attached hydrogens (tertiary/aromatic N) is 2. The molecule has 1 aromatic carbocycles.